The number of carbonyl (C=O) groups is 1. The van der Waals surface area contributed by atoms with Crippen molar-refractivity contribution in [2.45, 2.75) is 44.7 Å². The number of hydrogen-bond acceptors (Lipinski definition) is 3. The van der Waals surface area contributed by atoms with Crippen LogP contribution in [-0.4, -0.2) is 48.3 Å². The summed E-state index contributed by atoms with van der Waals surface area (Å²) in [6.45, 7) is 4.69. The number of aliphatic hydroxyl groups excluding tert-OH is 1. The van der Waals surface area contributed by atoms with Gasteiger partial charge in [-0.3, -0.25) is 0 Å². The first-order chi connectivity index (χ1) is 11.2. The number of aliphatic hydroxyl groups is 1. The second-order valence-electron chi connectivity index (χ2n) is 6.61. The fourth-order valence-electron chi connectivity index (χ4n) is 3.26. The van der Waals surface area contributed by atoms with Crippen molar-refractivity contribution >= 4 is 11.7 Å². The Labute approximate surface area is 138 Å². The lowest BCUT2D eigenvalue weighted by Crippen LogP contribution is -2.43. The Balaban J connectivity index is 1.64. The van der Waals surface area contributed by atoms with Gasteiger partial charge in [-0.2, -0.15) is 0 Å². The SMILES string of the molecule is CC(NC(=O)N(CCO)C1CC1)c1cccc(N2CCCC2)c1. The predicted molar refractivity (Wildman–Crippen MR) is 91.6 cm³/mol. The molecule has 23 heavy (non-hydrogen) atoms. The van der Waals surface area contributed by atoms with Gasteiger partial charge in [-0.15, -0.1) is 0 Å². The third-order valence-electron chi connectivity index (χ3n) is 4.77. The minimum Gasteiger partial charge on any atom is -0.395 e. The van der Waals surface area contributed by atoms with Gasteiger partial charge in [0, 0.05) is 31.4 Å². The molecule has 0 aromatic heterocycles. The van der Waals surface area contributed by atoms with Crippen LogP contribution >= 0.6 is 0 Å². The van der Waals surface area contributed by atoms with E-state index in [2.05, 4.69) is 34.5 Å². The fourth-order valence-corrected chi connectivity index (χ4v) is 3.26. The van der Waals surface area contributed by atoms with Crippen LogP contribution in [0.15, 0.2) is 24.3 Å². The van der Waals surface area contributed by atoms with E-state index in [0.717, 1.165) is 31.5 Å². The minimum absolute atomic E-state index is 0.0166. The lowest BCUT2D eigenvalue weighted by molar-refractivity contribution is 0.171. The van der Waals surface area contributed by atoms with Crippen LogP contribution < -0.4 is 10.2 Å². The zero-order valence-electron chi connectivity index (χ0n) is 13.9. The average Bonchev–Trinajstić information content (AvgIpc) is 3.25. The molecule has 1 atom stereocenters. The maximum atomic E-state index is 12.4. The molecule has 2 aliphatic rings. The van der Waals surface area contributed by atoms with E-state index in [0.29, 0.717) is 12.6 Å². The lowest BCUT2D eigenvalue weighted by atomic mass is 10.1. The van der Waals surface area contributed by atoms with Gasteiger partial charge in [-0.1, -0.05) is 12.1 Å². The van der Waals surface area contributed by atoms with Crippen molar-refractivity contribution in [2.24, 2.45) is 0 Å². The van der Waals surface area contributed by atoms with Crippen molar-refractivity contribution in [1.29, 1.82) is 0 Å². The zero-order chi connectivity index (χ0) is 16.2. The number of carbonyl (C=O) groups excluding carboxylic acids is 1. The van der Waals surface area contributed by atoms with Gasteiger partial charge in [0.05, 0.1) is 12.6 Å². The summed E-state index contributed by atoms with van der Waals surface area (Å²) in [5, 5.41) is 12.2. The number of anilines is 1. The van der Waals surface area contributed by atoms with Crippen LogP contribution in [0.1, 0.15) is 44.2 Å². The highest BCUT2D eigenvalue weighted by Crippen LogP contribution is 2.28. The Kier molecular flexibility index (Phi) is 5.06. The van der Waals surface area contributed by atoms with E-state index >= 15 is 0 Å². The number of nitrogens with zero attached hydrogens (tertiary/aromatic N) is 2. The largest absolute Gasteiger partial charge is 0.395 e. The normalized spacial score (nSPS) is 18.8. The first-order valence-electron chi connectivity index (χ1n) is 8.72. The van der Waals surface area contributed by atoms with Gasteiger partial charge < -0.3 is 20.2 Å². The molecular formula is C18H27N3O2. The molecule has 5 heteroatoms. The highest BCUT2D eigenvalue weighted by molar-refractivity contribution is 5.75. The molecule has 126 valence electrons. The molecule has 3 rings (SSSR count). The van der Waals surface area contributed by atoms with Crippen molar-refractivity contribution in [3.63, 3.8) is 0 Å². The standard InChI is InChI=1S/C18H27N3O2/c1-14(19-18(23)21(11-12-22)16-7-8-16)15-5-4-6-17(13-15)20-9-2-3-10-20/h4-6,13-14,16,22H,2-3,7-12H2,1H3,(H,19,23). The van der Waals surface area contributed by atoms with Gasteiger partial charge in [0.2, 0.25) is 0 Å². The summed E-state index contributed by atoms with van der Waals surface area (Å²) in [7, 11) is 0. The molecule has 1 aliphatic heterocycles. The van der Waals surface area contributed by atoms with Crippen LogP contribution in [-0.2, 0) is 0 Å². The molecule has 2 fully saturated rings. The van der Waals surface area contributed by atoms with E-state index in [1.807, 2.05) is 6.92 Å². The molecule has 5 nitrogen and oxygen atoms in total. The highest BCUT2D eigenvalue weighted by atomic mass is 16.3. The first-order valence-corrected chi connectivity index (χ1v) is 8.72. The summed E-state index contributed by atoms with van der Waals surface area (Å²) in [5.41, 5.74) is 2.37. The van der Waals surface area contributed by atoms with Gasteiger partial charge in [-0.05, 0) is 50.3 Å². The Bertz CT molecular complexity index is 539. The second kappa shape index (κ2) is 7.21. The summed E-state index contributed by atoms with van der Waals surface area (Å²) in [6.07, 6.45) is 4.61. The summed E-state index contributed by atoms with van der Waals surface area (Å²) >= 11 is 0. The molecule has 1 heterocycles. The van der Waals surface area contributed by atoms with E-state index in [1.165, 1.54) is 18.5 Å². The van der Waals surface area contributed by atoms with Gasteiger partial charge in [-0.25, -0.2) is 4.79 Å². The molecule has 1 aromatic carbocycles. The third-order valence-corrected chi connectivity index (χ3v) is 4.77. The molecule has 2 N–H and O–H groups in total. The molecule has 0 bridgehead atoms. The van der Waals surface area contributed by atoms with Crippen molar-refractivity contribution < 1.29 is 9.90 Å². The van der Waals surface area contributed by atoms with E-state index in [9.17, 15) is 4.79 Å². The van der Waals surface area contributed by atoms with Gasteiger partial charge in [0.1, 0.15) is 0 Å². The molecule has 1 unspecified atom stereocenters. The van der Waals surface area contributed by atoms with E-state index in [-0.39, 0.29) is 18.7 Å². The van der Waals surface area contributed by atoms with Crippen LogP contribution in [0.25, 0.3) is 0 Å². The molecule has 1 aromatic rings. The average molecular weight is 317 g/mol. The summed E-state index contributed by atoms with van der Waals surface area (Å²) < 4.78 is 0. The fraction of sp³-hybridized carbons (Fsp3) is 0.611. The number of urea groups is 1. The Morgan fingerprint density at radius 1 is 1.39 bits per heavy atom. The highest BCUT2D eigenvalue weighted by Gasteiger charge is 2.32. The Morgan fingerprint density at radius 2 is 2.13 bits per heavy atom. The van der Waals surface area contributed by atoms with E-state index in [4.69, 9.17) is 5.11 Å². The van der Waals surface area contributed by atoms with Crippen LogP contribution in [0.5, 0.6) is 0 Å². The topological polar surface area (TPSA) is 55.8 Å². The predicted octanol–water partition coefficient (Wildman–Crippen LogP) is 2.51. The number of benzene rings is 1. The molecule has 2 amide bonds. The third kappa shape index (κ3) is 3.96. The maximum Gasteiger partial charge on any atom is 0.318 e. The molecule has 1 saturated carbocycles. The van der Waals surface area contributed by atoms with E-state index in [1.54, 1.807) is 4.90 Å². The van der Waals surface area contributed by atoms with Crippen molar-refractivity contribution in [3.8, 4) is 0 Å². The van der Waals surface area contributed by atoms with E-state index < -0.39 is 0 Å². The zero-order valence-corrected chi connectivity index (χ0v) is 13.9. The number of rotatable bonds is 6. The molecular weight excluding hydrogens is 290 g/mol. The van der Waals surface area contributed by atoms with Crippen molar-refractivity contribution in [1.82, 2.24) is 10.2 Å². The van der Waals surface area contributed by atoms with Crippen LogP contribution in [0, 0.1) is 0 Å². The Morgan fingerprint density at radius 3 is 2.78 bits per heavy atom. The minimum atomic E-state index is -0.0689. The van der Waals surface area contributed by atoms with Crippen LogP contribution in [0.2, 0.25) is 0 Å². The van der Waals surface area contributed by atoms with Crippen molar-refractivity contribution in [2.75, 3.05) is 31.1 Å². The maximum absolute atomic E-state index is 12.4. The van der Waals surface area contributed by atoms with Gasteiger partial charge >= 0.3 is 6.03 Å². The Hall–Kier alpha value is -1.75. The van der Waals surface area contributed by atoms with Crippen molar-refractivity contribution in [3.05, 3.63) is 29.8 Å². The monoisotopic (exact) mass is 317 g/mol. The number of nitrogens with one attached hydrogen (secondary N) is 1. The summed E-state index contributed by atoms with van der Waals surface area (Å²) in [6, 6.07) is 8.67. The van der Waals surface area contributed by atoms with Crippen LogP contribution in [0.4, 0.5) is 10.5 Å². The van der Waals surface area contributed by atoms with Gasteiger partial charge in [0.15, 0.2) is 0 Å². The molecule has 1 aliphatic carbocycles. The smallest absolute Gasteiger partial charge is 0.318 e. The van der Waals surface area contributed by atoms with Gasteiger partial charge in [0.25, 0.3) is 0 Å². The first kappa shape index (κ1) is 16.1. The van der Waals surface area contributed by atoms with Crippen LogP contribution in [0.3, 0.4) is 0 Å². The second-order valence-corrected chi connectivity index (χ2v) is 6.61. The molecule has 0 spiro atoms. The number of hydrogen-bond donors (Lipinski definition) is 2. The quantitative estimate of drug-likeness (QED) is 0.847. The number of amides is 2. The summed E-state index contributed by atoms with van der Waals surface area (Å²) in [5.74, 6) is 0. The summed E-state index contributed by atoms with van der Waals surface area (Å²) in [4.78, 5) is 16.6. The molecule has 0 radical (unpaired) electrons. The lowest BCUT2D eigenvalue weighted by Gasteiger charge is -2.25. The molecule has 1 saturated heterocycles.